The van der Waals surface area contributed by atoms with Crippen molar-refractivity contribution < 1.29 is 39.1 Å². The van der Waals surface area contributed by atoms with E-state index in [1.807, 2.05) is 0 Å². The van der Waals surface area contributed by atoms with E-state index in [-0.39, 0.29) is 17.3 Å². The van der Waals surface area contributed by atoms with Crippen molar-refractivity contribution in [3.63, 3.8) is 0 Å². The van der Waals surface area contributed by atoms with E-state index >= 15 is 0 Å². The van der Waals surface area contributed by atoms with Crippen molar-refractivity contribution in [3.05, 3.63) is 47.0 Å². The molecule has 6 rings (SSSR count). The van der Waals surface area contributed by atoms with Gasteiger partial charge in [-0.2, -0.15) is 0 Å². The largest absolute Gasteiger partial charge is 0.506 e. The molecule has 202 valence electrons. The third-order valence-electron chi connectivity index (χ3n) is 6.97. The van der Waals surface area contributed by atoms with Gasteiger partial charge in [-0.25, -0.2) is 4.98 Å². The van der Waals surface area contributed by atoms with E-state index in [0.29, 0.717) is 76.4 Å². The maximum atomic E-state index is 10.9. The Kier molecular flexibility index (Phi) is 9.15. The number of carbonyl (C=O) groups is 1. The lowest BCUT2D eigenvalue weighted by molar-refractivity contribution is -0.204. The Hall–Kier alpha value is -2.15. The molecule has 2 aliphatic carbocycles. The Morgan fingerprint density at radius 3 is 1.62 bits per heavy atom. The lowest BCUT2D eigenvalue weighted by atomic mass is 9.79. The average molecular weight is 581 g/mol. The van der Waals surface area contributed by atoms with E-state index in [0.717, 1.165) is 17.4 Å². The molecule has 0 amide bonds. The van der Waals surface area contributed by atoms with Crippen molar-refractivity contribution in [3.8, 4) is 11.5 Å². The summed E-state index contributed by atoms with van der Waals surface area (Å²) in [6.07, 6.45) is 7.97. The van der Waals surface area contributed by atoms with Crippen LogP contribution in [-0.2, 0) is 29.3 Å². The van der Waals surface area contributed by atoms with Gasteiger partial charge in [0.25, 0.3) is 0 Å². The molecular weight excluding hydrogens is 548 g/mol. The van der Waals surface area contributed by atoms with Crippen molar-refractivity contribution in [1.82, 2.24) is 9.97 Å². The number of aliphatic hydroxyl groups is 1. The molecule has 0 radical (unpaired) electrons. The van der Waals surface area contributed by atoms with Crippen LogP contribution in [0.25, 0.3) is 0 Å². The van der Waals surface area contributed by atoms with Gasteiger partial charge < -0.3 is 34.3 Å². The minimum atomic E-state index is -0.936. The van der Waals surface area contributed by atoms with Gasteiger partial charge in [-0.05, 0) is 53.0 Å². The van der Waals surface area contributed by atoms with Crippen molar-refractivity contribution in [1.29, 1.82) is 0 Å². The fourth-order valence-corrected chi connectivity index (χ4v) is 5.05. The van der Waals surface area contributed by atoms with Crippen LogP contribution in [0.2, 0.25) is 0 Å². The molecule has 4 fully saturated rings. The third kappa shape index (κ3) is 7.46. The minimum Gasteiger partial charge on any atom is -0.506 e. The van der Waals surface area contributed by atoms with Gasteiger partial charge in [-0.1, -0.05) is 0 Å². The van der Waals surface area contributed by atoms with Crippen molar-refractivity contribution in [2.24, 2.45) is 0 Å². The van der Waals surface area contributed by atoms with Crippen LogP contribution < -0.4 is 0 Å². The molecule has 0 aromatic carbocycles. The smallest absolute Gasteiger partial charge is 0.169 e. The minimum absolute atomic E-state index is 0.108. The van der Waals surface area contributed by atoms with Gasteiger partial charge >= 0.3 is 0 Å². The normalized spacial score (nSPS) is 23.1. The summed E-state index contributed by atoms with van der Waals surface area (Å²) in [7, 11) is 0. The summed E-state index contributed by atoms with van der Waals surface area (Å²) in [5, 5.41) is 28.5. The Balaban J connectivity index is 0.000000143. The molecule has 2 aliphatic heterocycles. The van der Waals surface area contributed by atoms with Crippen molar-refractivity contribution in [2.75, 3.05) is 26.4 Å². The first kappa shape index (κ1) is 27.9. The van der Waals surface area contributed by atoms with Crippen LogP contribution in [-0.4, -0.2) is 69.1 Å². The number of rotatable bonds is 1. The van der Waals surface area contributed by atoms with Crippen LogP contribution >= 0.6 is 15.9 Å². The summed E-state index contributed by atoms with van der Waals surface area (Å²) in [4.78, 5) is 18.7. The highest BCUT2D eigenvalue weighted by Gasteiger charge is 2.46. The predicted molar refractivity (Wildman–Crippen MR) is 135 cm³/mol. The quantitative estimate of drug-likeness (QED) is 0.427. The highest BCUT2D eigenvalue weighted by Crippen LogP contribution is 2.44. The van der Waals surface area contributed by atoms with E-state index in [4.69, 9.17) is 24.1 Å². The summed E-state index contributed by atoms with van der Waals surface area (Å²) in [5.74, 6) is -0.211. The van der Waals surface area contributed by atoms with Gasteiger partial charge in [-0.3, -0.25) is 9.78 Å². The molecule has 2 saturated carbocycles. The second-order valence-corrected chi connectivity index (χ2v) is 10.3. The van der Waals surface area contributed by atoms with E-state index in [9.17, 15) is 15.0 Å². The van der Waals surface area contributed by atoms with Crippen molar-refractivity contribution in [2.45, 2.75) is 68.5 Å². The molecular formula is C26H33BrN2O8. The van der Waals surface area contributed by atoms with Gasteiger partial charge in [0.15, 0.2) is 11.6 Å². The monoisotopic (exact) mass is 580 g/mol. The molecule has 3 N–H and O–H groups in total. The number of aromatic nitrogens is 2. The van der Waals surface area contributed by atoms with Gasteiger partial charge in [0, 0.05) is 38.5 Å². The van der Waals surface area contributed by atoms with Crippen LogP contribution in [0.3, 0.4) is 0 Å². The highest BCUT2D eigenvalue weighted by atomic mass is 79.9. The standard InChI is InChI=1S/C13H17NO4.C8H12O3.C5H4BrNO/c15-10-1-2-11(14-9-10)12(16)3-5-13(6-4-12)17-7-8-18-13;9-7-1-3-8(4-2-7)10-5-6-11-8;6-5-2-1-4(8)3-7-5/h1-2,9,15-16H,3-8H2;1-6H2;1-3,8H. The first-order chi connectivity index (χ1) is 17.7. The first-order valence-corrected chi connectivity index (χ1v) is 13.3. The molecule has 0 bridgehead atoms. The topological polar surface area (TPSA) is 140 Å². The van der Waals surface area contributed by atoms with Crippen LogP contribution in [0.15, 0.2) is 41.3 Å². The summed E-state index contributed by atoms with van der Waals surface area (Å²) in [6.45, 7) is 2.65. The summed E-state index contributed by atoms with van der Waals surface area (Å²) in [5.41, 5.74) is -0.331. The number of aromatic hydroxyl groups is 2. The summed E-state index contributed by atoms with van der Waals surface area (Å²) in [6, 6.07) is 6.46. The number of Topliss-reactive ketones (excluding diaryl/α,β-unsaturated/α-hetero) is 1. The second kappa shape index (κ2) is 12.1. The van der Waals surface area contributed by atoms with E-state index in [2.05, 4.69) is 25.9 Å². The van der Waals surface area contributed by atoms with Gasteiger partial charge in [0.2, 0.25) is 0 Å². The molecule has 2 spiro atoms. The van der Waals surface area contributed by atoms with E-state index in [1.54, 1.807) is 24.3 Å². The van der Waals surface area contributed by atoms with Gasteiger partial charge in [0.05, 0.1) is 44.5 Å². The first-order valence-electron chi connectivity index (χ1n) is 12.5. The molecule has 0 unspecified atom stereocenters. The lowest BCUT2D eigenvalue weighted by Gasteiger charge is -2.40. The van der Waals surface area contributed by atoms with Crippen LogP contribution in [0.5, 0.6) is 11.5 Å². The summed E-state index contributed by atoms with van der Waals surface area (Å²) < 4.78 is 22.9. The zero-order valence-electron chi connectivity index (χ0n) is 20.6. The number of ether oxygens (including phenoxy) is 4. The number of carbonyl (C=O) groups excluding carboxylic acids is 1. The number of ketones is 1. The van der Waals surface area contributed by atoms with Crippen LogP contribution in [0.4, 0.5) is 0 Å². The fraction of sp³-hybridized carbons (Fsp3) is 0.577. The van der Waals surface area contributed by atoms with E-state index < -0.39 is 11.4 Å². The number of hydrogen-bond donors (Lipinski definition) is 3. The lowest BCUT2D eigenvalue weighted by Crippen LogP contribution is -2.42. The van der Waals surface area contributed by atoms with Gasteiger partial charge in [0.1, 0.15) is 27.5 Å². The molecule has 4 heterocycles. The third-order valence-corrected chi connectivity index (χ3v) is 7.44. The Morgan fingerprint density at radius 1 is 0.703 bits per heavy atom. The summed E-state index contributed by atoms with van der Waals surface area (Å²) >= 11 is 3.12. The molecule has 2 saturated heterocycles. The SMILES string of the molecule is O=C1CCC2(CC1)OCCO2.Oc1ccc(Br)nc1.Oc1ccc(C2(O)CCC3(CC2)OCCO3)nc1. The average Bonchev–Trinajstić information content (AvgIpc) is 3.57. The molecule has 4 aliphatic rings. The Labute approximate surface area is 224 Å². The molecule has 2 aromatic heterocycles. The number of nitrogens with zero attached hydrogens (tertiary/aromatic N) is 2. The number of pyridine rings is 2. The fourth-order valence-electron chi connectivity index (χ4n) is 4.81. The highest BCUT2D eigenvalue weighted by molar-refractivity contribution is 9.10. The maximum absolute atomic E-state index is 10.9. The van der Waals surface area contributed by atoms with Crippen LogP contribution in [0, 0.1) is 0 Å². The number of halogens is 1. The zero-order chi connectivity index (χ0) is 26.4. The Bertz CT molecular complexity index is 979. The molecule has 10 nitrogen and oxygen atoms in total. The zero-order valence-corrected chi connectivity index (χ0v) is 22.2. The maximum Gasteiger partial charge on any atom is 0.169 e. The van der Waals surface area contributed by atoms with Gasteiger partial charge in [-0.15, -0.1) is 0 Å². The van der Waals surface area contributed by atoms with E-state index in [1.165, 1.54) is 12.4 Å². The Morgan fingerprint density at radius 2 is 1.19 bits per heavy atom. The predicted octanol–water partition coefficient (Wildman–Crippen LogP) is 3.71. The molecule has 37 heavy (non-hydrogen) atoms. The second-order valence-electron chi connectivity index (χ2n) is 9.53. The molecule has 11 heteroatoms. The molecule has 0 atom stereocenters. The molecule has 2 aromatic rings. The number of hydrogen-bond acceptors (Lipinski definition) is 10. The van der Waals surface area contributed by atoms with Crippen LogP contribution in [0.1, 0.15) is 57.1 Å². The van der Waals surface area contributed by atoms with Crippen molar-refractivity contribution >= 4 is 21.7 Å².